The van der Waals surface area contributed by atoms with E-state index in [0.29, 0.717) is 12.0 Å². The number of hydrogen-bond donors (Lipinski definition) is 1. The molecule has 0 unspecified atom stereocenters. The molecule has 78 valence electrons. The second-order valence-electron chi connectivity index (χ2n) is 4.52. The van der Waals surface area contributed by atoms with Gasteiger partial charge in [-0.2, -0.15) is 0 Å². The van der Waals surface area contributed by atoms with Gasteiger partial charge < -0.3 is 4.98 Å². The van der Waals surface area contributed by atoms with Crippen LogP contribution < -0.4 is 0 Å². The van der Waals surface area contributed by atoms with Gasteiger partial charge in [-0.05, 0) is 23.5 Å². The zero-order valence-corrected chi connectivity index (χ0v) is 9.00. The molecule has 1 aliphatic carbocycles. The van der Waals surface area contributed by atoms with Crippen molar-refractivity contribution < 1.29 is 4.79 Å². The minimum absolute atomic E-state index is 0.0146. The molecule has 2 rings (SSSR count). The standard InChI is InChI=1S/C12H14N2O/c1-8-7-12(2,3)9(6-10(8)15)11-13-4-5-14-11/h4-6H,1,7H2,2-3H3,(H,13,14). The van der Waals surface area contributed by atoms with E-state index in [0.717, 1.165) is 11.4 Å². The number of ketones is 1. The van der Waals surface area contributed by atoms with Crippen molar-refractivity contribution in [3.63, 3.8) is 0 Å². The SMILES string of the molecule is C=C1CC(C)(C)C(c2ncc[nH]2)=CC1=O. The van der Waals surface area contributed by atoms with E-state index in [2.05, 4.69) is 30.4 Å². The van der Waals surface area contributed by atoms with Crippen LogP contribution in [0, 0.1) is 5.41 Å². The smallest absolute Gasteiger partial charge is 0.181 e. The molecule has 0 radical (unpaired) electrons. The van der Waals surface area contributed by atoms with Crippen LogP contribution in [0.15, 0.2) is 30.6 Å². The summed E-state index contributed by atoms with van der Waals surface area (Å²) in [5, 5.41) is 0. The van der Waals surface area contributed by atoms with E-state index in [9.17, 15) is 4.79 Å². The summed E-state index contributed by atoms with van der Waals surface area (Å²) >= 11 is 0. The number of rotatable bonds is 1. The lowest BCUT2D eigenvalue weighted by Gasteiger charge is -2.30. The molecule has 0 fully saturated rings. The molecule has 0 spiro atoms. The van der Waals surface area contributed by atoms with Crippen LogP contribution in [0.5, 0.6) is 0 Å². The van der Waals surface area contributed by atoms with Crippen molar-refractivity contribution in [2.24, 2.45) is 5.41 Å². The number of H-pyrrole nitrogens is 1. The molecule has 3 nitrogen and oxygen atoms in total. The predicted octanol–water partition coefficient (Wildman–Crippen LogP) is 2.35. The highest BCUT2D eigenvalue weighted by Gasteiger charge is 2.32. The van der Waals surface area contributed by atoms with Gasteiger partial charge in [0.1, 0.15) is 5.82 Å². The van der Waals surface area contributed by atoms with Gasteiger partial charge in [-0.1, -0.05) is 20.4 Å². The fourth-order valence-electron chi connectivity index (χ4n) is 1.95. The van der Waals surface area contributed by atoms with Crippen LogP contribution >= 0.6 is 0 Å². The van der Waals surface area contributed by atoms with Crippen LogP contribution in [-0.4, -0.2) is 15.8 Å². The van der Waals surface area contributed by atoms with Crippen molar-refractivity contribution >= 4 is 11.4 Å². The molecule has 0 atom stereocenters. The Bertz CT molecular complexity index is 438. The minimum Gasteiger partial charge on any atom is -0.345 e. The maximum Gasteiger partial charge on any atom is 0.181 e. The van der Waals surface area contributed by atoms with Gasteiger partial charge in [-0.25, -0.2) is 4.98 Å². The van der Waals surface area contributed by atoms with Gasteiger partial charge in [0.15, 0.2) is 5.78 Å². The van der Waals surface area contributed by atoms with Crippen LogP contribution in [0.2, 0.25) is 0 Å². The van der Waals surface area contributed by atoms with E-state index in [1.54, 1.807) is 18.5 Å². The molecule has 1 heterocycles. The second kappa shape index (κ2) is 3.19. The highest BCUT2D eigenvalue weighted by molar-refractivity contribution is 6.09. The Morgan fingerprint density at radius 2 is 2.27 bits per heavy atom. The van der Waals surface area contributed by atoms with Crippen molar-refractivity contribution in [2.45, 2.75) is 20.3 Å². The summed E-state index contributed by atoms with van der Waals surface area (Å²) in [7, 11) is 0. The summed E-state index contributed by atoms with van der Waals surface area (Å²) < 4.78 is 0. The molecule has 0 aromatic carbocycles. The Balaban J connectivity index is 2.50. The third-order valence-corrected chi connectivity index (χ3v) is 2.76. The average Bonchev–Trinajstić information content (AvgIpc) is 2.63. The molecule has 1 aliphatic rings. The first-order chi connectivity index (χ1) is 7.00. The lowest BCUT2D eigenvalue weighted by Crippen LogP contribution is -2.23. The fraction of sp³-hybridized carbons (Fsp3) is 0.333. The van der Waals surface area contributed by atoms with E-state index >= 15 is 0 Å². The van der Waals surface area contributed by atoms with Gasteiger partial charge in [-0.3, -0.25) is 4.79 Å². The van der Waals surface area contributed by atoms with Gasteiger partial charge in [0.2, 0.25) is 0 Å². The van der Waals surface area contributed by atoms with E-state index in [4.69, 9.17) is 0 Å². The summed E-state index contributed by atoms with van der Waals surface area (Å²) in [5.74, 6) is 0.793. The number of aromatic nitrogens is 2. The molecule has 0 amide bonds. The first kappa shape index (κ1) is 9.90. The average molecular weight is 202 g/mol. The first-order valence-electron chi connectivity index (χ1n) is 4.95. The van der Waals surface area contributed by atoms with Gasteiger partial charge in [0.05, 0.1) is 0 Å². The molecule has 0 saturated heterocycles. The molecule has 1 N–H and O–H groups in total. The summed E-state index contributed by atoms with van der Waals surface area (Å²) in [6, 6.07) is 0. The zero-order chi connectivity index (χ0) is 11.1. The van der Waals surface area contributed by atoms with E-state index < -0.39 is 0 Å². The number of nitrogens with zero attached hydrogens (tertiary/aromatic N) is 1. The quantitative estimate of drug-likeness (QED) is 0.710. The van der Waals surface area contributed by atoms with Crippen LogP contribution in [0.4, 0.5) is 0 Å². The molecular weight excluding hydrogens is 188 g/mol. The highest BCUT2D eigenvalue weighted by Crippen LogP contribution is 2.41. The number of hydrogen-bond acceptors (Lipinski definition) is 2. The lowest BCUT2D eigenvalue weighted by molar-refractivity contribution is -0.111. The predicted molar refractivity (Wildman–Crippen MR) is 59.1 cm³/mol. The molecule has 1 aromatic rings. The van der Waals surface area contributed by atoms with Crippen LogP contribution in [-0.2, 0) is 4.79 Å². The van der Waals surface area contributed by atoms with Crippen molar-refractivity contribution in [1.29, 1.82) is 0 Å². The Morgan fingerprint density at radius 1 is 1.53 bits per heavy atom. The normalized spacial score (nSPS) is 20.3. The number of imidazole rings is 1. The zero-order valence-electron chi connectivity index (χ0n) is 9.00. The van der Waals surface area contributed by atoms with Crippen molar-refractivity contribution in [2.75, 3.05) is 0 Å². The summed E-state index contributed by atoms with van der Waals surface area (Å²) in [4.78, 5) is 18.8. The van der Waals surface area contributed by atoms with Crippen molar-refractivity contribution in [3.8, 4) is 0 Å². The largest absolute Gasteiger partial charge is 0.345 e. The first-order valence-corrected chi connectivity index (χ1v) is 4.95. The molecule has 0 saturated carbocycles. The number of nitrogens with one attached hydrogen (secondary N) is 1. The Hall–Kier alpha value is -1.64. The molecule has 0 bridgehead atoms. The van der Waals surface area contributed by atoms with E-state index in [-0.39, 0.29) is 11.2 Å². The summed E-state index contributed by atoms with van der Waals surface area (Å²) in [5.41, 5.74) is 1.56. The van der Waals surface area contributed by atoms with E-state index in [1.165, 1.54) is 0 Å². The van der Waals surface area contributed by atoms with Crippen LogP contribution in [0.1, 0.15) is 26.1 Å². The maximum absolute atomic E-state index is 11.6. The summed E-state index contributed by atoms with van der Waals surface area (Å²) in [6.45, 7) is 7.97. The number of carbonyl (C=O) groups excluding carboxylic acids is 1. The van der Waals surface area contributed by atoms with Crippen LogP contribution in [0.3, 0.4) is 0 Å². The molecule has 1 aromatic heterocycles. The van der Waals surface area contributed by atoms with E-state index in [1.807, 2.05) is 0 Å². The van der Waals surface area contributed by atoms with Gasteiger partial charge in [0, 0.05) is 18.0 Å². The molecule has 3 heteroatoms. The van der Waals surface area contributed by atoms with Gasteiger partial charge >= 0.3 is 0 Å². The number of aromatic amines is 1. The Morgan fingerprint density at radius 3 is 2.87 bits per heavy atom. The molecule has 0 aliphatic heterocycles. The third-order valence-electron chi connectivity index (χ3n) is 2.76. The molecule has 15 heavy (non-hydrogen) atoms. The molecular formula is C12H14N2O. The Labute approximate surface area is 88.9 Å². The van der Waals surface area contributed by atoms with Crippen LogP contribution in [0.25, 0.3) is 5.57 Å². The minimum atomic E-state index is -0.0805. The van der Waals surface area contributed by atoms with Gasteiger partial charge in [0.25, 0.3) is 0 Å². The van der Waals surface area contributed by atoms with Crippen molar-refractivity contribution in [1.82, 2.24) is 9.97 Å². The summed E-state index contributed by atoms with van der Waals surface area (Å²) in [6.07, 6.45) is 5.79. The number of carbonyl (C=O) groups is 1. The van der Waals surface area contributed by atoms with Crippen molar-refractivity contribution in [3.05, 3.63) is 36.4 Å². The van der Waals surface area contributed by atoms with Gasteiger partial charge in [-0.15, -0.1) is 0 Å². The number of allylic oxidation sites excluding steroid dienone is 3. The topological polar surface area (TPSA) is 45.8 Å². The fourth-order valence-corrected chi connectivity index (χ4v) is 1.95. The highest BCUT2D eigenvalue weighted by atomic mass is 16.1. The maximum atomic E-state index is 11.6. The Kier molecular flexibility index (Phi) is 2.11. The third kappa shape index (κ3) is 1.65. The monoisotopic (exact) mass is 202 g/mol. The lowest BCUT2D eigenvalue weighted by atomic mass is 9.73. The second-order valence-corrected chi connectivity index (χ2v) is 4.52.